The average molecular weight is 291 g/mol. The normalized spacial score (nSPS) is 11.3. The molecule has 0 aliphatic heterocycles. The van der Waals surface area contributed by atoms with Crippen molar-refractivity contribution in [2.75, 3.05) is 10.5 Å². The number of hydrogen-bond acceptors (Lipinski definition) is 4. The van der Waals surface area contributed by atoms with Crippen LogP contribution in [0.3, 0.4) is 0 Å². The minimum absolute atomic E-state index is 0.0966. The molecule has 0 bridgehead atoms. The standard InChI is InChI=1S/C14H17N3O2S/c1-10-3-8-14(11(2)16-10)17-20(18,19)9-12-4-6-13(15)7-5-12/h3-8,17H,9,15H2,1-2H3. The summed E-state index contributed by atoms with van der Waals surface area (Å²) < 4.78 is 26.8. The molecule has 1 heterocycles. The molecule has 0 atom stereocenters. The van der Waals surface area contributed by atoms with Crippen LogP contribution < -0.4 is 10.5 Å². The third-order valence-electron chi connectivity index (χ3n) is 2.83. The summed E-state index contributed by atoms with van der Waals surface area (Å²) in [6.07, 6.45) is 0. The molecule has 0 aliphatic rings. The minimum atomic E-state index is -3.47. The zero-order chi connectivity index (χ0) is 14.8. The first-order valence-corrected chi connectivity index (χ1v) is 7.80. The Bertz CT molecular complexity index is 710. The number of rotatable bonds is 4. The Morgan fingerprint density at radius 3 is 2.35 bits per heavy atom. The van der Waals surface area contributed by atoms with Crippen LogP contribution in [0, 0.1) is 13.8 Å². The second-order valence-corrected chi connectivity index (χ2v) is 6.41. The summed E-state index contributed by atoms with van der Waals surface area (Å²) in [6, 6.07) is 10.3. The number of nitrogen functional groups attached to an aromatic ring is 1. The van der Waals surface area contributed by atoms with Gasteiger partial charge >= 0.3 is 0 Å². The van der Waals surface area contributed by atoms with Crippen LogP contribution in [0.4, 0.5) is 11.4 Å². The van der Waals surface area contributed by atoms with E-state index in [4.69, 9.17) is 5.73 Å². The summed E-state index contributed by atoms with van der Waals surface area (Å²) in [4.78, 5) is 4.23. The first-order chi connectivity index (χ1) is 9.35. The molecule has 2 rings (SSSR count). The van der Waals surface area contributed by atoms with Crippen LogP contribution in [-0.2, 0) is 15.8 Å². The number of aromatic nitrogens is 1. The topological polar surface area (TPSA) is 85.1 Å². The van der Waals surface area contributed by atoms with Gasteiger partial charge in [0.15, 0.2) is 0 Å². The molecule has 0 amide bonds. The Hall–Kier alpha value is -2.08. The van der Waals surface area contributed by atoms with E-state index in [9.17, 15) is 8.42 Å². The molecule has 5 nitrogen and oxygen atoms in total. The fourth-order valence-corrected chi connectivity index (χ4v) is 3.09. The fourth-order valence-electron chi connectivity index (χ4n) is 1.83. The van der Waals surface area contributed by atoms with Crippen molar-refractivity contribution in [3.05, 3.63) is 53.3 Å². The molecular weight excluding hydrogens is 274 g/mol. The highest BCUT2D eigenvalue weighted by Crippen LogP contribution is 2.17. The Kier molecular flexibility index (Phi) is 3.94. The van der Waals surface area contributed by atoms with Crippen LogP contribution in [-0.4, -0.2) is 13.4 Å². The lowest BCUT2D eigenvalue weighted by atomic mass is 10.2. The van der Waals surface area contributed by atoms with Gasteiger partial charge in [0.2, 0.25) is 10.0 Å². The van der Waals surface area contributed by atoms with Crippen LogP contribution in [0.1, 0.15) is 17.0 Å². The van der Waals surface area contributed by atoms with E-state index in [2.05, 4.69) is 9.71 Å². The molecule has 0 fully saturated rings. The van der Waals surface area contributed by atoms with Gasteiger partial charge in [0.1, 0.15) is 0 Å². The largest absolute Gasteiger partial charge is 0.399 e. The predicted octanol–water partition coefficient (Wildman–Crippen LogP) is 2.22. The van der Waals surface area contributed by atoms with Crippen LogP contribution in [0.2, 0.25) is 0 Å². The highest BCUT2D eigenvalue weighted by atomic mass is 32.2. The zero-order valence-corrected chi connectivity index (χ0v) is 12.2. The fraction of sp³-hybridized carbons (Fsp3) is 0.214. The van der Waals surface area contributed by atoms with Gasteiger partial charge in [-0.15, -0.1) is 0 Å². The number of aryl methyl sites for hydroxylation is 2. The van der Waals surface area contributed by atoms with Gasteiger partial charge in [-0.1, -0.05) is 12.1 Å². The van der Waals surface area contributed by atoms with E-state index in [0.717, 1.165) is 5.69 Å². The Morgan fingerprint density at radius 1 is 1.10 bits per heavy atom. The van der Waals surface area contributed by atoms with E-state index in [1.807, 2.05) is 6.92 Å². The van der Waals surface area contributed by atoms with E-state index in [1.165, 1.54) is 0 Å². The summed E-state index contributed by atoms with van der Waals surface area (Å²) in [5.74, 6) is -0.0966. The van der Waals surface area contributed by atoms with Crippen molar-refractivity contribution < 1.29 is 8.42 Å². The molecule has 3 N–H and O–H groups in total. The molecular formula is C14H17N3O2S. The van der Waals surface area contributed by atoms with E-state index in [1.54, 1.807) is 43.3 Å². The lowest BCUT2D eigenvalue weighted by Crippen LogP contribution is -2.16. The molecule has 1 aromatic carbocycles. The van der Waals surface area contributed by atoms with E-state index in [-0.39, 0.29) is 5.75 Å². The number of nitrogens with zero attached hydrogens (tertiary/aromatic N) is 1. The molecule has 0 saturated carbocycles. The van der Waals surface area contributed by atoms with Gasteiger partial charge in [-0.2, -0.15) is 0 Å². The van der Waals surface area contributed by atoms with Crippen molar-refractivity contribution in [2.45, 2.75) is 19.6 Å². The predicted molar refractivity (Wildman–Crippen MR) is 80.8 cm³/mol. The molecule has 0 spiro atoms. The molecule has 6 heteroatoms. The van der Waals surface area contributed by atoms with Gasteiger partial charge in [-0.25, -0.2) is 8.42 Å². The van der Waals surface area contributed by atoms with Crippen LogP contribution in [0.25, 0.3) is 0 Å². The van der Waals surface area contributed by atoms with Gasteiger partial charge in [-0.3, -0.25) is 9.71 Å². The van der Waals surface area contributed by atoms with Crippen molar-refractivity contribution in [3.63, 3.8) is 0 Å². The van der Waals surface area contributed by atoms with E-state index >= 15 is 0 Å². The average Bonchev–Trinajstić information content (AvgIpc) is 2.35. The molecule has 2 aromatic rings. The number of hydrogen-bond donors (Lipinski definition) is 2. The molecule has 0 unspecified atom stereocenters. The maximum Gasteiger partial charge on any atom is 0.236 e. The first kappa shape index (κ1) is 14.3. The van der Waals surface area contributed by atoms with Crippen molar-refractivity contribution >= 4 is 21.4 Å². The van der Waals surface area contributed by atoms with Crippen molar-refractivity contribution in [2.24, 2.45) is 0 Å². The van der Waals surface area contributed by atoms with Crippen LogP contribution >= 0.6 is 0 Å². The van der Waals surface area contributed by atoms with Crippen molar-refractivity contribution in [1.29, 1.82) is 0 Å². The van der Waals surface area contributed by atoms with Crippen molar-refractivity contribution in [3.8, 4) is 0 Å². The summed E-state index contributed by atoms with van der Waals surface area (Å²) >= 11 is 0. The van der Waals surface area contributed by atoms with Gasteiger partial charge in [0, 0.05) is 11.4 Å². The molecule has 1 aromatic heterocycles. The summed E-state index contributed by atoms with van der Waals surface area (Å²) in [5.41, 5.74) is 8.88. The highest BCUT2D eigenvalue weighted by Gasteiger charge is 2.13. The third kappa shape index (κ3) is 3.71. The zero-order valence-electron chi connectivity index (χ0n) is 11.4. The Labute approximate surface area is 118 Å². The second kappa shape index (κ2) is 5.50. The maximum absolute atomic E-state index is 12.1. The number of anilines is 2. The quantitative estimate of drug-likeness (QED) is 0.846. The highest BCUT2D eigenvalue weighted by molar-refractivity contribution is 7.91. The van der Waals surface area contributed by atoms with E-state index in [0.29, 0.717) is 22.6 Å². The Morgan fingerprint density at radius 2 is 1.75 bits per heavy atom. The summed E-state index contributed by atoms with van der Waals surface area (Å²) in [7, 11) is -3.47. The number of nitrogens with two attached hydrogens (primary N) is 1. The second-order valence-electron chi connectivity index (χ2n) is 4.69. The maximum atomic E-state index is 12.1. The smallest absolute Gasteiger partial charge is 0.236 e. The summed E-state index contributed by atoms with van der Waals surface area (Å²) in [6.45, 7) is 3.63. The lowest BCUT2D eigenvalue weighted by molar-refractivity contribution is 0.600. The van der Waals surface area contributed by atoms with E-state index < -0.39 is 10.0 Å². The first-order valence-electron chi connectivity index (χ1n) is 6.15. The molecule has 0 radical (unpaired) electrons. The molecule has 20 heavy (non-hydrogen) atoms. The number of benzene rings is 1. The van der Waals surface area contributed by atoms with Crippen LogP contribution in [0.15, 0.2) is 36.4 Å². The van der Waals surface area contributed by atoms with Gasteiger partial charge < -0.3 is 5.73 Å². The summed E-state index contributed by atoms with van der Waals surface area (Å²) in [5, 5.41) is 0. The molecule has 0 saturated heterocycles. The molecule has 106 valence electrons. The monoisotopic (exact) mass is 291 g/mol. The minimum Gasteiger partial charge on any atom is -0.399 e. The van der Waals surface area contributed by atoms with Gasteiger partial charge in [0.25, 0.3) is 0 Å². The van der Waals surface area contributed by atoms with Crippen molar-refractivity contribution in [1.82, 2.24) is 4.98 Å². The van der Waals surface area contributed by atoms with Crippen LogP contribution in [0.5, 0.6) is 0 Å². The number of pyridine rings is 1. The number of sulfonamides is 1. The SMILES string of the molecule is Cc1ccc(NS(=O)(=O)Cc2ccc(N)cc2)c(C)n1. The Balaban J connectivity index is 2.17. The third-order valence-corrected chi connectivity index (χ3v) is 4.07. The van der Waals surface area contributed by atoms with Gasteiger partial charge in [0.05, 0.1) is 17.1 Å². The van der Waals surface area contributed by atoms with Gasteiger partial charge in [-0.05, 0) is 43.7 Å². The molecule has 0 aliphatic carbocycles. The lowest BCUT2D eigenvalue weighted by Gasteiger charge is -2.10. The number of nitrogens with one attached hydrogen (secondary N) is 1.